The Hall–Kier alpha value is -3.97. The molecule has 0 saturated carbocycles. The minimum atomic E-state index is -0.597. The number of carbonyl (C=O) groups excluding carboxylic acids is 1. The van der Waals surface area contributed by atoms with Crippen LogP contribution in [0.25, 0.3) is 11.8 Å². The van der Waals surface area contributed by atoms with E-state index in [1.54, 1.807) is 18.4 Å². The summed E-state index contributed by atoms with van der Waals surface area (Å²) in [5, 5.41) is 0. The van der Waals surface area contributed by atoms with Crippen molar-refractivity contribution < 1.29 is 9.53 Å². The lowest BCUT2D eigenvalue weighted by Gasteiger charge is -2.24. The topological polar surface area (TPSA) is 65.6 Å². The van der Waals surface area contributed by atoms with E-state index < -0.39 is 12.0 Å². The summed E-state index contributed by atoms with van der Waals surface area (Å²) in [4.78, 5) is 32.0. The summed E-state index contributed by atoms with van der Waals surface area (Å²) in [6.07, 6.45) is 1.93. The Balaban J connectivity index is 1.70. The number of nitrogens with zero attached hydrogens (tertiary/aromatic N) is 3. The average molecular weight is 498 g/mol. The number of rotatable bonds is 5. The van der Waals surface area contributed by atoms with Gasteiger partial charge in [-0.25, -0.2) is 9.79 Å². The summed E-state index contributed by atoms with van der Waals surface area (Å²) < 4.78 is 9.73. The summed E-state index contributed by atoms with van der Waals surface area (Å²) in [6, 6.07) is 21.2. The maximum Gasteiger partial charge on any atom is 0.338 e. The van der Waals surface area contributed by atoms with Crippen LogP contribution in [0.15, 0.2) is 87.8 Å². The lowest BCUT2D eigenvalue weighted by Crippen LogP contribution is -2.39. The predicted octanol–water partition coefficient (Wildman–Crippen LogP) is 4.21. The number of esters is 1. The van der Waals surface area contributed by atoms with E-state index in [0.717, 1.165) is 28.2 Å². The van der Waals surface area contributed by atoms with Crippen LogP contribution < -0.4 is 14.9 Å². The third-order valence-corrected chi connectivity index (χ3v) is 7.39. The molecular weight excluding hydrogens is 470 g/mol. The molecule has 1 atom stereocenters. The van der Waals surface area contributed by atoms with E-state index in [1.165, 1.54) is 11.3 Å². The van der Waals surface area contributed by atoms with Crippen molar-refractivity contribution in [3.05, 3.63) is 120 Å². The van der Waals surface area contributed by atoms with Crippen LogP contribution in [0.5, 0.6) is 0 Å². The second kappa shape index (κ2) is 9.59. The van der Waals surface area contributed by atoms with Gasteiger partial charge in [-0.1, -0.05) is 59.9 Å². The SMILES string of the molecule is CCOC(=O)C1=C(C)N=c2s/c(=C/c3cc(C)n(-c4ccccc4)c3C)c(=O)n2[C@@H]1c1ccccc1. The van der Waals surface area contributed by atoms with Crippen molar-refractivity contribution in [3.8, 4) is 5.69 Å². The fraction of sp³-hybridized carbons (Fsp3) is 0.207. The van der Waals surface area contributed by atoms with Crippen LogP contribution in [-0.4, -0.2) is 21.7 Å². The molecule has 0 unspecified atom stereocenters. The van der Waals surface area contributed by atoms with Crippen molar-refractivity contribution in [2.75, 3.05) is 6.61 Å². The first-order valence-electron chi connectivity index (χ1n) is 11.9. The molecule has 0 fully saturated rings. The molecule has 4 aromatic rings. The first kappa shape index (κ1) is 23.8. The molecule has 5 rings (SSSR count). The zero-order chi connectivity index (χ0) is 25.4. The monoisotopic (exact) mass is 497 g/mol. The molecule has 0 amide bonds. The van der Waals surface area contributed by atoms with E-state index in [4.69, 9.17) is 4.74 Å². The minimum Gasteiger partial charge on any atom is -0.463 e. The fourth-order valence-corrected chi connectivity index (χ4v) is 5.83. The fourth-order valence-electron chi connectivity index (χ4n) is 4.79. The number of thiazole rings is 1. The molecule has 0 saturated heterocycles. The van der Waals surface area contributed by atoms with E-state index in [1.807, 2.05) is 54.6 Å². The maximum absolute atomic E-state index is 13.8. The third kappa shape index (κ3) is 4.05. The lowest BCUT2D eigenvalue weighted by molar-refractivity contribution is -0.139. The molecule has 0 aliphatic carbocycles. The Kier molecular flexibility index (Phi) is 6.33. The van der Waals surface area contributed by atoms with Gasteiger partial charge in [0.1, 0.15) is 0 Å². The Bertz CT molecular complexity index is 1660. The summed E-state index contributed by atoms with van der Waals surface area (Å²) in [5.41, 5.74) is 5.80. The van der Waals surface area contributed by atoms with Crippen LogP contribution in [0.3, 0.4) is 0 Å². The molecule has 0 radical (unpaired) electrons. The van der Waals surface area contributed by atoms with Crippen LogP contribution in [0.2, 0.25) is 0 Å². The zero-order valence-electron chi connectivity index (χ0n) is 20.7. The number of hydrogen-bond donors (Lipinski definition) is 0. The van der Waals surface area contributed by atoms with Crippen molar-refractivity contribution in [2.24, 2.45) is 4.99 Å². The van der Waals surface area contributed by atoms with Crippen LogP contribution in [-0.2, 0) is 9.53 Å². The van der Waals surface area contributed by atoms with E-state index in [0.29, 0.717) is 20.6 Å². The summed E-state index contributed by atoms with van der Waals surface area (Å²) >= 11 is 1.34. The van der Waals surface area contributed by atoms with E-state index >= 15 is 0 Å². The van der Waals surface area contributed by atoms with Crippen LogP contribution in [0.1, 0.15) is 42.4 Å². The number of ether oxygens (including phenoxy) is 1. The van der Waals surface area contributed by atoms with Gasteiger partial charge >= 0.3 is 5.97 Å². The Labute approximate surface area is 213 Å². The van der Waals surface area contributed by atoms with Gasteiger partial charge in [0.25, 0.3) is 5.56 Å². The highest BCUT2D eigenvalue weighted by Crippen LogP contribution is 2.30. The maximum atomic E-state index is 13.8. The number of aryl methyl sites for hydroxylation is 1. The van der Waals surface area contributed by atoms with Crippen molar-refractivity contribution in [3.63, 3.8) is 0 Å². The first-order valence-corrected chi connectivity index (χ1v) is 12.7. The van der Waals surface area contributed by atoms with E-state index in [-0.39, 0.29) is 12.2 Å². The highest BCUT2D eigenvalue weighted by atomic mass is 32.1. The second-order valence-electron chi connectivity index (χ2n) is 8.71. The predicted molar refractivity (Wildman–Crippen MR) is 142 cm³/mol. The molecule has 2 aromatic carbocycles. The number of aromatic nitrogens is 2. The smallest absolute Gasteiger partial charge is 0.338 e. The summed E-state index contributed by atoms with van der Waals surface area (Å²) in [5.74, 6) is -0.451. The number of hydrogen-bond acceptors (Lipinski definition) is 5. The van der Waals surface area contributed by atoms with Crippen LogP contribution in [0.4, 0.5) is 0 Å². The number of benzene rings is 2. The Morgan fingerprint density at radius 3 is 2.39 bits per heavy atom. The van der Waals surface area contributed by atoms with Gasteiger partial charge in [0, 0.05) is 17.1 Å². The molecule has 7 heteroatoms. The van der Waals surface area contributed by atoms with E-state index in [9.17, 15) is 9.59 Å². The van der Waals surface area contributed by atoms with Gasteiger partial charge in [-0.15, -0.1) is 0 Å². The summed E-state index contributed by atoms with van der Waals surface area (Å²) in [6.45, 7) is 7.93. The number of allylic oxidation sites excluding steroid dienone is 1. The molecule has 182 valence electrons. The largest absolute Gasteiger partial charge is 0.463 e. The van der Waals surface area contributed by atoms with Crippen molar-refractivity contribution in [1.29, 1.82) is 0 Å². The Morgan fingerprint density at radius 1 is 1.06 bits per heavy atom. The highest BCUT2D eigenvalue weighted by molar-refractivity contribution is 7.07. The highest BCUT2D eigenvalue weighted by Gasteiger charge is 2.33. The van der Waals surface area contributed by atoms with Gasteiger partial charge in [0.15, 0.2) is 4.80 Å². The lowest BCUT2D eigenvalue weighted by atomic mass is 9.96. The van der Waals surface area contributed by atoms with E-state index in [2.05, 4.69) is 41.6 Å². The van der Waals surface area contributed by atoms with Gasteiger partial charge in [-0.05, 0) is 63.1 Å². The number of fused-ring (bicyclic) bond motifs is 1. The van der Waals surface area contributed by atoms with Gasteiger partial charge in [0.05, 0.1) is 28.5 Å². The van der Waals surface area contributed by atoms with Gasteiger partial charge in [-0.2, -0.15) is 0 Å². The zero-order valence-corrected chi connectivity index (χ0v) is 21.5. The third-order valence-electron chi connectivity index (χ3n) is 6.40. The normalized spacial score (nSPS) is 15.6. The number of para-hydroxylation sites is 1. The molecule has 3 heterocycles. The summed E-state index contributed by atoms with van der Waals surface area (Å²) in [7, 11) is 0. The first-order chi connectivity index (χ1) is 17.4. The molecule has 2 aromatic heterocycles. The molecular formula is C29H27N3O3S. The molecule has 0 bridgehead atoms. The minimum absolute atomic E-state index is 0.175. The second-order valence-corrected chi connectivity index (χ2v) is 9.72. The van der Waals surface area contributed by atoms with Crippen molar-refractivity contribution >= 4 is 23.4 Å². The Morgan fingerprint density at radius 2 is 1.72 bits per heavy atom. The molecule has 6 nitrogen and oxygen atoms in total. The number of carbonyl (C=O) groups is 1. The van der Waals surface area contributed by atoms with Crippen molar-refractivity contribution in [2.45, 2.75) is 33.7 Å². The molecule has 1 aliphatic heterocycles. The molecule has 36 heavy (non-hydrogen) atoms. The molecule has 0 N–H and O–H groups in total. The van der Waals surface area contributed by atoms with Crippen LogP contribution >= 0.6 is 11.3 Å². The molecule has 1 aliphatic rings. The van der Waals surface area contributed by atoms with Gasteiger partial charge < -0.3 is 9.30 Å². The quantitative estimate of drug-likeness (QED) is 0.388. The van der Waals surface area contributed by atoms with Gasteiger partial charge in [-0.3, -0.25) is 9.36 Å². The average Bonchev–Trinajstić information content (AvgIpc) is 3.33. The molecule has 0 spiro atoms. The van der Waals surface area contributed by atoms with Crippen LogP contribution in [0, 0.1) is 13.8 Å². The standard InChI is InChI=1S/C29H27N3O3S/c1-5-35-28(34)25-19(3)30-29-32(26(25)21-12-8-6-9-13-21)27(33)24(36-29)17-22-16-18(2)31(20(22)4)23-14-10-7-11-15-23/h6-17,26H,5H2,1-4H3/b24-17+/t26-/m1/s1. The van der Waals surface area contributed by atoms with Gasteiger partial charge in [0.2, 0.25) is 0 Å². The van der Waals surface area contributed by atoms with Crippen molar-refractivity contribution in [1.82, 2.24) is 9.13 Å².